The molecular formula is C16H21NO3S. The lowest BCUT2D eigenvalue weighted by Crippen LogP contribution is -2.45. The number of ether oxygens (including phenoxy) is 1. The van der Waals surface area contributed by atoms with Gasteiger partial charge < -0.3 is 15.2 Å². The zero-order valence-corrected chi connectivity index (χ0v) is 13.3. The lowest BCUT2D eigenvalue weighted by Gasteiger charge is -2.35. The third-order valence-electron chi connectivity index (χ3n) is 3.36. The number of thiophene rings is 1. The third-order valence-corrected chi connectivity index (χ3v) is 4.28. The van der Waals surface area contributed by atoms with Gasteiger partial charge in [0.05, 0.1) is 12.2 Å². The molecule has 1 unspecified atom stereocenters. The van der Waals surface area contributed by atoms with Crippen LogP contribution in [0.1, 0.15) is 48.3 Å². The molecule has 1 atom stereocenters. The summed E-state index contributed by atoms with van der Waals surface area (Å²) in [7, 11) is 0. The van der Waals surface area contributed by atoms with Crippen molar-refractivity contribution < 1.29 is 14.6 Å². The SMILES string of the molecule is CC1(C)CC(NC(=O)c2sccc2C#CCCO)CCO1. The number of nitrogens with one attached hydrogen (secondary N) is 1. The molecule has 1 amide bonds. The van der Waals surface area contributed by atoms with E-state index >= 15 is 0 Å². The van der Waals surface area contributed by atoms with Crippen molar-refractivity contribution in [2.45, 2.75) is 44.8 Å². The quantitative estimate of drug-likeness (QED) is 0.842. The van der Waals surface area contributed by atoms with Gasteiger partial charge in [-0.2, -0.15) is 0 Å². The first-order valence-corrected chi connectivity index (χ1v) is 8.02. The summed E-state index contributed by atoms with van der Waals surface area (Å²) in [4.78, 5) is 13.0. The summed E-state index contributed by atoms with van der Waals surface area (Å²) in [6, 6.07) is 1.99. The maximum atomic E-state index is 12.4. The largest absolute Gasteiger partial charge is 0.395 e. The Morgan fingerprint density at radius 2 is 2.43 bits per heavy atom. The molecule has 1 fully saturated rings. The number of hydrogen-bond acceptors (Lipinski definition) is 4. The number of carbonyl (C=O) groups is 1. The van der Waals surface area contributed by atoms with Crippen molar-refractivity contribution in [2.75, 3.05) is 13.2 Å². The van der Waals surface area contributed by atoms with Crippen molar-refractivity contribution in [1.82, 2.24) is 5.32 Å². The van der Waals surface area contributed by atoms with Crippen molar-refractivity contribution in [2.24, 2.45) is 0 Å². The zero-order chi connectivity index (χ0) is 15.3. The molecule has 0 aliphatic carbocycles. The van der Waals surface area contributed by atoms with E-state index in [2.05, 4.69) is 17.2 Å². The molecule has 0 saturated carbocycles. The molecular weight excluding hydrogens is 286 g/mol. The molecule has 21 heavy (non-hydrogen) atoms. The van der Waals surface area contributed by atoms with E-state index in [9.17, 15) is 4.79 Å². The van der Waals surface area contributed by atoms with Crippen LogP contribution in [0.5, 0.6) is 0 Å². The van der Waals surface area contributed by atoms with Crippen LogP contribution in [0.3, 0.4) is 0 Å². The van der Waals surface area contributed by atoms with Gasteiger partial charge in [-0.05, 0) is 38.1 Å². The van der Waals surface area contributed by atoms with Gasteiger partial charge in [-0.1, -0.05) is 11.8 Å². The molecule has 0 aromatic carbocycles. The van der Waals surface area contributed by atoms with Gasteiger partial charge in [0, 0.05) is 24.6 Å². The molecule has 1 saturated heterocycles. The van der Waals surface area contributed by atoms with E-state index in [1.807, 2.05) is 25.3 Å². The van der Waals surface area contributed by atoms with Crippen LogP contribution in [0.4, 0.5) is 0 Å². The van der Waals surface area contributed by atoms with Crippen LogP contribution in [0, 0.1) is 11.8 Å². The maximum absolute atomic E-state index is 12.4. The van der Waals surface area contributed by atoms with Crippen LogP contribution < -0.4 is 5.32 Å². The van der Waals surface area contributed by atoms with Crippen molar-refractivity contribution in [1.29, 1.82) is 0 Å². The molecule has 2 N–H and O–H groups in total. The second-order valence-corrected chi connectivity index (χ2v) is 6.63. The predicted octanol–water partition coefficient (Wildman–Crippen LogP) is 2.17. The van der Waals surface area contributed by atoms with Gasteiger partial charge in [-0.15, -0.1) is 11.3 Å². The molecule has 0 bridgehead atoms. The standard InChI is InChI=1S/C16H21NO3S/c1-16(2)11-13(6-9-20-16)17-15(19)14-12(7-10-21-14)5-3-4-8-18/h7,10,13,18H,4,6,8-9,11H2,1-2H3,(H,17,19). The second kappa shape index (κ2) is 7.08. The number of carbonyl (C=O) groups excluding carboxylic acids is 1. The van der Waals surface area contributed by atoms with Gasteiger partial charge in [-0.25, -0.2) is 0 Å². The highest BCUT2D eigenvalue weighted by Gasteiger charge is 2.30. The smallest absolute Gasteiger partial charge is 0.262 e. The van der Waals surface area contributed by atoms with Crippen LogP contribution in [-0.2, 0) is 4.74 Å². The number of rotatable bonds is 3. The van der Waals surface area contributed by atoms with Crippen LogP contribution >= 0.6 is 11.3 Å². The monoisotopic (exact) mass is 307 g/mol. The van der Waals surface area contributed by atoms with E-state index in [4.69, 9.17) is 9.84 Å². The molecule has 114 valence electrons. The summed E-state index contributed by atoms with van der Waals surface area (Å²) in [6.07, 6.45) is 2.08. The number of amides is 1. The number of aliphatic hydroxyl groups is 1. The Labute approximate surface area is 129 Å². The Morgan fingerprint density at radius 1 is 1.62 bits per heavy atom. The molecule has 2 heterocycles. The van der Waals surface area contributed by atoms with Gasteiger partial charge in [0.2, 0.25) is 0 Å². The summed E-state index contributed by atoms with van der Waals surface area (Å²) in [5.74, 6) is 5.73. The fourth-order valence-electron chi connectivity index (χ4n) is 2.40. The summed E-state index contributed by atoms with van der Waals surface area (Å²) >= 11 is 1.40. The zero-order valence-electron chi connectivity index (χ0n) is 12.4. The van der Waals surface area contributed by atoms with Crippen LogP contribution in [0.25, 0.3) is 0 Å². The van der Waals surface area contributed by atoms with Crippen molar-refractivity contribution in [3.05, 3.63) is 21.9 Å². The molecule has 4 nitrogen and oxygen atoms in total. The van der Waals surface area contributed by atoms with Gasteiger partial charge in [0.1, 0.15) is 4.88 Å². The van der Waals surface area contributed by atoms with Crippen LogP contribution in [0.15, 0.2) is 11.4 Å². The normalized spacial score (nSPS) is 20.4. The highest BCUT2D eigenvalue weighted by molar-refractivity contribution is 7.12. The molecule has 5 heteroatoms. The van der Waals surface area contributed by atoms with Crippen molar-refractivity contribution in [3.8, 4) is 11.8 Å². The van der Waals surface area contributed by atoms with Crippen molar-refractivity contribution in [3.63, 3.8) is 0 Å². The number of hydrogen-bond donors (Lipinski definition) is 2. The van der Waals surface area contributed by atoms with E-state index in [-0.39, 0.29) is 24.2 Å². The first-order chi connectivity index (χ1) is 10.0. The van der Waals surface area contributed by atoms with E-state index in [0.29, 0.717) is 17.9 Å². The number of aliphatic hydroxyl groups excluding tert-OH is 1. The van der Waals surface area contributed by atoms with Crippen molar-refractivity contribution >= 4 is 17.2 Å². The third kappa shape index (κ3) is 4.57. The fraction of sp³-hybridized carbons (Fsp3) is 0.562. The van der Waals surface area contributed by atoms with Gasteiger partial charge in [0.25, 0.3) is 5.91 Å². The Bertz CT molecular complexity index is 553. The molecule has 1 aromatic heterocycles. The van der Waals surface area contributed by atoms with E-state index in [1.54, 1.807) is 0 Å². The minimum Gasteiger partial charge on any atom is -0.395 e. The molecule has 1 aliphatic heterocycles. The lowest BCUT2D eigenvalue weighted by atomic mass is 9.94. The molecule has 1 aromatic rings. The topological polar surface area (TPSA) is 58.6 Å². The summed E-state index contributed by atoms with van der Waals surface area (Å²) < 4.78 is 5.66. The van der Waals surface area contributed by atoms with Gasteiger partial charge in [-0.3, -0.25) is 4.79 Å². The molecule has 0 radical (unpaired) electrons. The first-order valence-electron chi connectivity index (χ1n) is 7.14. The summed E-state index contributed by atoms with van der Waals surface area (Å²) in [6.45, 7) is 4.80. The predicted molar refractivity (Wildman–Crippen MR) is 83.4 cm³/mol. The molecule has 1 aliphatic rings. The minimum atomic E-state index is -0.185. The lowest BCUT2D eigenvalue weighted by molar-refractivity contribution is -0.0615. The molecule has 0 spiro atoms. The Morgan fingerprint density at radius 3 is 3.14 bits per heavy atom. The van der Waals surface area contributed by atoms with E-state index in [1.165, 1.54) is 11.3 Å². The fourth-order valence-corrected chi connectivity index (χ4v) is 3.16. The van der Waals surface area contributed by atoms with Gasteiger partial charge in [0.15, 0.2) is 0 Å². The summed E-state index contributed by atoms with van der Waals surface area (Å²) in [5.41, 5.74) is 0.548. The average Bonchev–Trinajstić information content (AvgIpc) is 2.86. The Kier molecular flexibility index (Phi) is 5.40. The minimum absolute atomic E-state index is 0.0375. The summed E-state index contributed by atoms with van der Waals surface area (Å²) in [5, 5.41) is 13.7. The van der Waals surface area contributed by atoms with E-state index in [0.717, 1.165) is 18.4 Å². The van der Waals surface area contributed by atoms with Crippen LogP contribution in [0.2, 0.25) is 0 Å². The first kappa shape index (κ1) is 16.0. The molecule has 2 rings (SSSR count). The van der Waals surface area contributed by atoms with Crippen LogP contribution in [-0.4, -0.2) is 35.9 Å². The second-order valence-electron chi connectivity index (χ2n) is 5.71. The maximum Gasteiger partial charge on any atom is 0.262 e. The van der Waals surface area contributed by atoms with Gasteiger partial charge >= 0.3 is 0 Å². The Hall–Kier alpha value is -1.35. The van der Waals surface area contributed by atoms with E-state index < -0.39 is 0 Å². The highest BCUT2D eigenvalue weighted by atomic mass is 32.1. The Balaban J connectivity index is 2.01. The average molecular weight is 307 g/mol. The highest BCUT2D eigenvalue weighted by Crippen LogP contribution is 2.24.